The van der Waals surface area contributed by atoms with Crippen LogP contribution >= 0.6 is 0 Å². The van der Waals surface area contributed by atoms with Gasteiger partial charge in [0, 0.05) is 13.2 Å². The summed E-state index contributed by atoms with van der Waals surface area (Å²) in [5.41, 5.74) is 1.08. The first-order valence-electron chi connectivity index (χ1n) is 7.14. The van der Waals surface area contributed by atoms with Gasteiger partial charge in [-0.15, -0.1) is 0 Å². The van der Waals surface area contributed by atoms with E-state index in [1.54, 1.807) is 0 Å². The molecule has 1 aromatic rings. The van der Waals surface area contributed by atoms with Gasteiger partial charge in [-0.05, 0) is 24.3 Å². The highest BCUT2D eigenvalue weighted by Gasteiger charge is 2.25. The van der Waals surface area contributed by atoms with Crippen molar-refractivity contribution in [2.75, 3.05) is 13.2 Å². The molecule has 0 heterocycles. The largest absolute Gasteiger partial charge is 0.396 e. The van der Waals surface area contributed by atoms with Gasteiger partial charge in [0.15, 0.2) is 0 Å². The number of aliphatic hydroxyl groups excluding tert-OH is 1. The van der Waals surface area contributed by atoms with Gasteiger partial charge in [0.2, 0.25) is 5.91 Å². The highest BCUT2D eigenvalue weighted by molar-refractivity contribution is 5.83. The lowest BCUT2D eigenvalue weighted by molar-refractivity contribution is -0.123. The van der Waals surface area contributed by atoms with E-state index in [1.165, 1.54) is 0 Å². The van der Waals surface area contributed by atoms with Crippen molar-refractivity contribution in [3.05, 3.63) is 35.9 Å². The molecule has 0 fully saturated rings. The second-order valence-corrected chi connectivity index (χ2v) is 5.00. The van der Waals surface area contributed by atoms with Crippen LogP contribution < -0.4 is 5.32 Å². The average molecular weight is 263 g/mol. The second kappa shape index (κ2) is 8.70. The lowest BCUT2D eigenvalue weighted by Crippen LogP contribution is -2.33. The van der Waals surface area contributed by atoms with Crippen molar-refractivity contribution in [3.63, 3.8) is 0 Å². The summed E-state index contributed by atoms with van der Waals surface area (Å²) in [6.45, 7) is 5.05. The molecule has 3 heteroatoms. The number of hydrogen-bond acceptors (Lipinski definition) is 2. The fourth-order valence-electron chi connectivity index (χ4n) is 2.19. The maximum absolute atomic E-state index is 12.3. The van der Waals surface area contributed by atoms with Gasteiger partial charge in [-0.2, -0.15) is 0 Å². The Morgan fingerprint density at radius 1 is 1.26 bits per heavy atom. The number of carbonyl (C=O) groups is 1. The summed E-state index contributed by atoms with van der Waals surface area (Å²) in [5, 5.41) is 11.7. The SMILES string of the molecule is CCC(C)C(C(=O)NCCCCO)c1ccccc1. The van der Waals surface area contributed by atoms with Gasteiger partial charge in [-0.1, -0.05) is 50.6 Å². The van der Waals surface area contributed by atoms with Crippen molar-refractivity contribution in [2.45, 2.75) is 39.0 Å². The molecule has 0 bridgehead atoms. The van der Waals surface area contributed by atoms with Crippen molar-refractivity contribution >= 4 is 5.91 Å². The Bertz CT molecular complexity index is 364. The molecule has 0 aliphatic carbocycles. The maximum atomic E-state index is 12.3. The molecule has 1 aromatic carbocycles. The van der Waals surface area contributed by atoms with Crippen LogP contribution in [-0.4, -0.2) is 24.2 Å². The first-order valence-corrected chi connectivity index (χ1v) is 7.14. The molecule has 0 radical (unpaired) electrons. The van der Waals surface area contributed by atoms with Gasteiger partial charge in [-0.3, -0.25) is 4.79 Å². The lowest BCUT2D eigenvalue weighted by Gasteiger charge is -2.22. The van der Waals surface area contributed by atoms with E-state index >= 15 is 0 Å². The van der Waals surface area contributed by atoms with E-state index in [-0.39, 0.29) is 18.4 Å². The molecule has 0 saturated carbocycles. The minimum atomic E-state index is -0.0830. The fraction of sp³-hybridized carbons (Fsp3) is 0.562. The number of carbonyl (C=O) groups excluding carboxylic acids is 1. The summed E-state index contributed by atoms with van der Waals surface area (Å²) in [6.07, 6.45) is 2.54. The minimum absolute atomic E-state index is 0.0830. The quantitative estimate of drug-likeness (QED) is 0.708. The molecule has 2 unspecified atom stereocenters. The Balaban J connectivity index is 2.67. The summed E-state index contributed by atoms with van der Waals surface area (Å²) >= 11 is 0. The molecule has 0 aliphatic heterocycles. The van der Waals surface area contributed by atoms with Crippen LogP contribution in [0.5, 0.6) is 0 Å². The van der Waals surface area contributed by atoms with Gasteiger partial charge < -0.3 is 10.4 Å². The zero-order valence-electron chi connectivity index (χ0n) is 11.9. The van der Waals surface area contributed by atoms with Gasteiger partial charge in [0.1, 0.15) is 0 Å². The maximum Gasteiger partial charge on any atom is 0.227 e. The third-order valence-electron chi connectivity index (χ3n) is 3.54. The van der Waals surface area contributed by atoms with Crippen molar-refractivity contribution in [2.24, 2.45) is 5.92 Å². The van der Waals surface area contributed by atoms with Crippen LogP contribution in [0, 0.1) is 5.92 Å². The number of aliphatic hydroxyl groups is 1. The number of benzene rings is 1. The third kappa shape index (κ3) is 5.03. The first-order chi connectivity index (χ1) is 9.20. The molecule has 0 aromatic heterocycles. The minimum Gasteiger partial charge on any atom is -0.396 e. The summed E-state index contributed by atoms with van der Waals surface area (Å²) in [4.78, 5) is 12.3. The molecule has 0 aliphatic rings. The average Bonchev–Trinajstić information content (AvgIpc) is 2.45. The van der Waals surface area contributed by atoms with Crippen molar-refractivity contribution in [1.82, 2.24) is 5.32 Å². The summed E-state index contributed by atoms with van der Waals surface area (Å²) in [6, 6.07) is 9.96. The van der Waals surface area contributed by atoms with Crippen molar-refractivity contribution in [3.8, 4) is 0 Å². The normalized spacial score (nSPS) is 13.8. The van der Waals surface area contributed by atoms with E-state index in [4.69, 9.17) is 5.11 Å². The van der Waals surface area contributed by atoms with Gasteiger partial charge in [-0.25, -0.2) is 0 Å². The fourth-order valence-corrected chi connectivity index (χ4v) is 2.19. The molecule has 106 valence electrons. The Hall–Kier alpha value is -1.35. The van der Waals surface area contributed by atoms with Crippen molar-refractivity contribution < 1.29 is 9.90 Å². The molecular formula is C16H25NO2. The number of unbranched alkanes of at least 4 members (excludes halogenated alkanes) is 1. The van der Waals surface area contributed by atoms with Crippen LogP contribution in [-0.2, 0) is 4.79 Å². The predicted octanol–water partition coefficient (Wildman–Crippen LogP) is 2.71. The number of nitrogens with one attached hydrogen (secondary N) is 1. The smallest absolute Gasteiger partial charge is 0.227 e. The number of hydrogen-bond donors (Lipinski definition) is 2. The van der Waals surface area contributed by atoms with E-state index in [0.29, 0.717) is 12.5 Å². The van der Waals surface area contributed by atoms with Crippen LogP contribution in [0.2, 0.25) is 0 Å². The molecule has 2 N–H and O–H groups in total. The summed E-state index contributed by atoms with van der Waals surface area (Å²) in [7, 11) is 0. The zero-order valence-corrected chi connectivity index (χ0v) is 11.9. The van der Waals surface area contributed by atoms with E-state index in [1.807, 2.05) is 30.3 Å². The van der Waals surface area contributed by atoms with E-state index in [9.17, 15) is 4.79 Å². The molecule has 1 amide bonds. The monoisotopic (exact) mass is 263 g/mol. The summed E-state index contributed by atoms with van der Waals surface area (Å²) in [5.74, 6) is 0.332. The highest BCUT2D eigenvalue weighted by atomic mass is 16.2. The predicted molar refractivity (Wildman–Crippen MR) is 78.0 cm³/mol. The van der Waals surface area contributed by atoms with Crippen LogP contribution in [0.4, 0.5) is 0 Å². The Labute approximate surface area is 116 Å². The molecule has 19 heavy (non-hydrogen) atoms. The molecule has 2 atom stereocenters. The summed E-state index contributed by atoms with van der Waals surface area (Å²) < 4.78 is 0. The third-order valence-corrected chi connectivity index (χ3v) is 3.54. The van der Waals surface area contributed by atoms with Crippen LogP contribution in [0.25, 0.3) is 0 Å². The van der Waals surface area contributed by atoms with Crippen LogP contribution in [0.1, 0.15) is 44.6 Å². The van der Waals surface area contributed by atoms with E-state index in [0.717, 1.165) is 24.8 Å². The highest BCUT2D eigenvalue weighted by Crippen LogP contribution is 2.27. The molecule has 0 spiro atoms. The Morgan fingerprint density at radius 3 is 2.53 bits per heavy atom. The molecular weight excluding hydrogens is 238 g/mol. The number of amides is 1. The Morgan fingerprint density at radius 2 is 1.95 bits per heavy atom. The second-order valence-electron chi connectivity index (χ2n) is 5.00. The zero-order chi connectivity index (χ0) is 14.1. The van der Waals surface area contributed by atoms with Gasteiger partial charge in [0.25, 0.3) is 0 Å². The Kier molecular flexibility index (Phi) is 7.19. The first kappa shape index (κ1) is 15.7. The molecule has 3 nitrogen and oxygen atoms in total. The number of rotatable bonds is 8. The van der Waals surface area contributed by atoms with Gasteiger partial charge >= 0.3 is 0 Å². The van der Waals surface area contributed by atoms with Gasteiger partial charge in [0.05, 0.1) is 5.92 Å². The van der Waals surface area contributed by atoms with E-state index in [2.05, 4.69) is 19.2 Å². The van der Waals surface area contributed by atoms with Crippen molar-refractivity contribution in [1.29, 1.82) is 0 Å². The van der Waals surface area contributed by atoms with E-state index < -0.39 is 0 Å². The standard InChI is InChI=1S/C16H25NO2/c1-3-13(2)15(14-9-5-4-6-10-14)16(19)17-11-7-8-12-18/h4-6,9-10,13,15,18H,3,7-8,11-12H2,1-2H3,(H,17,19). The van der Waals surface area contributed by atoms with Crippen LogP contribution in [0.3, 0.4) is 0 Å². The molecule has 0 saturated heterocycles. The lowest BCUT2D eigenvalue weighted by atomic mass is 9.85. The topological polar surface area (TPSA) is 49.3 Å². The molecule has 1 rings (SSSR count). The van der Waals surface area contributed by atoms with Crippen LogP contribution in [0.15, 0.2) is 30.3 Å².